The molecule has 5 nitrogen and oxygen atoms in total. The van der Waals surface area contributed by atoms with Gasteiger partial charge in [-0.05, 0) is 36.8 Å². The van der Waals surface area contributed by atoms with E-state index in [2.05, 4.69) is 20.5 Å². The van der Waals surface area contributed by atoms with Crippen molar-refractivity contribution in [1.82, 2.24) is 19.6 Å². The highest BCUT2D eigenvalue weighted by Gasteiger charge is 2.11. The quantitative estimate of drug-likeness (QED) is 0.608. The summed E-state index contributed by atoms with van der Waals surface area (Å²) in [5, 5.41) is 12.2. The fourth-order valence-electron chi connectivity index (χ4n) is 2.46. The summed E-state index contributed by atoms with van der Waals surface area (Å²) in [5.41, 5.74) is 4.39. The molecule has 0 amide bonds. The monoisotopic (exact) mass is 309 g/mol. The first-order valence-electron chi connectivity index (χ1n) is 6.84. The van der Waals surface area contributed by atoms with Crippen LogP contribution < -0.4 is 5.32 Å². The van der Waals surface area contributed by atoms with E-state index in [0.29, 0.717) is 16.5 Å². The van der Waals surface area contributed by atoms with E-state index in [9.17, 15) is 0 Å². The van der Waals surface area contributed by atoms with E-state index in [1.807, 2.05) is 53.8 Å². The highest BCUT2D eigenvalue weighted by atomic mass is 35.5. The number of aromatic nitrogens is 4. The van der Waals surface area contributed by atoms with Gasteiger partial charge in [-0.25, -0.2) is 4.98 Å². The van der Waals surface area contributed by atoms with E-state index in [1.165, 1.54) is 0 Å². The van der Waals surface area contributed by atoms with E-state index in [0.717, 1.165) is 22.3 Å². The average Bonchev–Trinajstić information content (AvgIpc) is 3.02. The Bertz CT molecular complexity index is 992. The van der Waals surface area contributed by atoms with Crippen LogP contribution in [0.3, 0.4) is 0 Å². The molecule has 2 heterocycles. The molecule has 0 unspecified atom stereocenters. The molecule has 0 aliphatic heterocycles. The molecule has 0 radical (unpaired) electrons. The van der Waals surface area contributed by atoms with E-state index in [-0.39, 0.29) is 0 Å². The molecule has 0 bridgehead atoms. The van der Waals surface area contributed by atoms with Gasteiger partial charge in [0.05, 0.1) is 11.0 Å². The van der Waals surface area contributed by atoms with Crippen molar-refractivity contribution in [1.29, 1.82) is 0 Å². The smallest absolute Gasteiger partial charge is 0.204 e. The van der Waals surface area contributed by atoms with Crippen molar-refractivity contribution < 1.29 is 0 Å². The van der Waals surface area contributed by atoms with Crippen LogP contribution in [0.5, 0.6) is 0 Å². The largest absolute Gasteiger partial charge is 0.337 e. The molecule has 0 saturated heterocycles. The van der Waals surface area contributed by atoms with Crippen molar-refractivity contribution in [3.05, 3.63) is 59.4 Å². The Hall–Kier alpha value is -2.66. The minimum absolute atomic E-state index is 0.654. The highest BCUT2D eigenvalue weighted by Crippen LogP contribution is 2.28. The number of nitrogens with zero attached hydrogens (tertiary/aromatic N) is 4. The van der Waals surface area contributed by atoms with E-state index < -0.39 is 0 Å². The van der Waals surface area contributed by atoms with Crippen molar-refractivity contribution in [3.8, 4) is 0 Å². The maximum absolute atomic E-state index is 6.18. The fraction of sp³-hybridized carbons (Fsp3) is 0.0625. The first-order valence-corrected chi connectivity index (χ1v) is 7.22. The van der Waals surface area contributed by atoms with Crippen LogP contribution in [0.15, 0.2) is 48.8 Å². The summed E-state index contributed by atoms with van der Waals surface area (Å²) >= 11 is 6.18. The zero-order valence-corrected chi connectivity index (χ0v) is 12.5. The lowest BCUT2D eigenvalue weighted by Crippen LogP contribution is -2.01. The number of benzene rings is 2. The molecule has 6 heteroatoms. The van der Waals surface area contributed by atoms with Gasteiger partial charge in [0, 0.05) is 10.7 Å². The van der Waals surface area contributed by atoms with Crippen LogP contribution in [-0.2, 0) is 0 Å². The molecule has 22 heavy (non-hydrogen) atoms. The average molecular weight is 310 g/mol. The molecule has 0 spiro atoms. The number of anilines is 2. The summed E-state index contributed by atoms with van der Waals surface area (Å²) < 4.78 is 1.92. The number of para-hydroxylation sites is 2. The van der Waals surface area contributed by atoms with Gasteiger partial charge in [-0.2, -0.15) is 0 Å². The van der Waals surface area contributed by atoms with Gasteiger partial charge in [0.2, 0.25) is 5.65 Å². The molecular formula is C16H12ClN5. The first-order chi connectivity index (χ1) is 10.7. The fourth-order valence-corrected chi connectivity index (χ4v) is 2.63. The minimum Gasteiger partial charge on any atom is -0.337 e. The third-order valence-electron chi connectivity index (χ3n) is 3.65. The Morgan fingerprint density at radius 2 is 1.95 bits per heavy atom. The van der Waals surface area contributed by atoms with Crippen LogP contribution in [0.25, 0.3) is 16.7 Å². The van der Waals surface area contributed by atoms with Gasteiger partial charge < -0.3 is 5.32 Å². The highest BCUT2D eigenvalue weighted by molar-refractivity contribution is 6.31. The topological polar surface area (TPSA) is 55.1 Å². The van der Waals surface area contributed by atoms with Crippen LogP contribution in [0.4, 0.5) is 11.5 Å². The van der Waals surface area contributed by atoms with Crippen LogP contribution in [0.2, 0.25) is 5.02 Å². The molecule has 0 fully saturated rings. The SMILES string of the molecule is Cc1c(Cl)cccc1Nc1nc2ccccc2n2cnnc12. The van der Waals surface area contributed by atoms with Crippen LogP contribution in [0.1, 0.15) is 5.56 Å². The Balaban J connectivity index is 1.93. The molecule has 0 aliphatic rings. The van der Waals surface area contributed by atoms with Crippen LogP contribution in [0, 0.1) is 6.92 Å². The second-order valence-corrected chi connectivity index (χ2v) is 5.42. The summed E-state index contributed by atoms with van der Waals surface area (Å²) in [5.74, 6) is 0.654. The second kappa shape index (κ2) is 4.96. The van der Waals surface area contributed by atoms with Crippen molar-refractivity contribution in [3.63, 3.8) is 0 Å². The predicted molar refractivity (Wildman–Crippen MR) is 87.8 cm³/mol. The van der Waals surface area contributed by atoms with Crippen molar-refractivity contribution >= 4 is 39.8 Å². The molecule has 4 rings (SSSR count). The van der Waals surface area contributed by atoms with Crippen molar-refractivity contribution in [2.45, 2.75) is 6.92 Å². The normalized spacial score (nSPS) is 11.2. The number of hydrogen-bond acceptors (Lipinski definition) is 4. The predicted octanol–water partition coefficient (Wildman–Crippen LogP) is 3.98. The molecule has 0 aliphatic carbocycles. The molecule has 4 aromatic rings. The van der Waals surface area contributed by atoms with Gasteiger partial charge in [0.1, 0.15) is 6.33 Å². The molecule has 0 atom stereocenters. The summed E-state index contributed by atoms with van der Waals surface area (Å²) in [6.45, 7) is 1.97. The van der Waals surface area contributed by atoms with Crippen molar-refractivity contribution in [2.24, 2.45) is 0 Å². The second-order valence-electron chi connectivity index (χ2n) is 5.01. The summed E-state index contributed by atoms with van der Waals surface area (Å²) in [7, 11) is 0. The maximum Gasteiger partial charge on any atom is 0.204 e. The summed E-state index contributed by atoms with van der Waals surface area (Å²) in [4.78, 5) is 4.66. The number of hydrogen-bond donors (Lipinski definition) is 1. The number of rotatable bonds is 2. The number of nitrogens with one attached hydrogen (secondary N) is 1. The first kappa shape index (κ1) is 13.0. The number of halogens is 1. The van der Waals surface area contributed by atoms with E-state index in [4.69, 9.17) is 11.6 Å². The zero-order valence-electron chi connectivity index (χ0n) is 11.8. The van der Waals surface area contributed by atoms with E-state index >= 15 is 0 Å². The van der Waals surface area contributed by atoms with Crippen LogP contribution >= 0.6 is 11.6 Å². The molecule has 108 valence electrons. The Morgan fingerprint density at radius 3 is 2.86 bits per heavy atom. The van der Waals surface area contributed by atoms with Gasteiger partial charge in [-0.3, -0.25) is 4.40 Å². The van der Waals surface area contributed by atoms with Gasteiger partial charge in [0.15, 0.2) is 5.82 Å². The lowest BCUT2D eigenvalue weighted by Gasteiger charge is -2.11. The third kappa shape index (κ3) is 1.98. The molecular weight excluding hydrogens is 298 g/mol. The Kier molecular flexibility index (Phi) is 2.94. The molecule has 1 N–H and O–H groups in total. The van der Waals surface area contributed by atoms with Gasteiger partial charge in [0.25, 0.3) is 0 Å². The van der Waals surface area contributed by atoms with Crippen molar-refractivity contribution in [2.75, 3.05) is 5.32 Å². The lowest BCUT2D eigenvalue weighted by atomic mass is 10.2. The Labute approximate surface area is 131 Å². The van der Waals surface area contributed by atoms with Crippen LogP contribution in [-0.4, -0.2) is 19.6 Å². The minimum atomic E-state index is 0.654. The van der Waals surface area contributed by atoms with Gasteiger partial charge in [-0.1, -0.05) is 29.8 Å². The molecule has 0 saturated carbocycles. The maximum atomic E-state index is 6.18. The third-order valence-corrected chi connectivity index (χ3v) is 4.06. The number of fused-ring (bicyclic) bond motifs is 3. The summed E-state index contributed by atoms with van der Waals surface area (Å²) in [6.07, 6.45) is 1.69. The van der Waals surface area contributed by atoms with Gasteiger partial charge >= 0.3 is 0 Å². The van der Waals surface area contributed by atoms with Gasteiger partial charge in [-0.15, -0.1) is 10.2 Å². The van der Waals surface area contributed by atoms with E-state index in [1.54, 1.807) is 6.33 Å². The standard InChI is InChI=1S/C16H12ClN5/c1-10-11(17)5-4-7-12(10)19-15-16-21-18-9-22(16)14-8-3-2-6-13(14)20-15/h2-9H,1H3,(H,19,20). The summed E-state index contributed by atoms with van der Waals surface area (Å²) in [6, 6.07) is 13.6. The zero-order chi connectivity index (χ0) is 15.1. The molecule has 2 aromatic heterocycles. The lowest BCUT2D eigenvalue weighted by molar-refractivity contribution is 1.11. The Morgan fingerprint density at radius 1 is 1.09 bits per heavy atom. The molecule has 2 aromatic carbocycles.